The third-order valence-corrected chi connectivity index (χ3v) is 2.47. The number of aryl methyl sites for hydroxylation is 1. The largest absolute Gasteiger partial charge is 0.380 e. The molecule has 2 heteroatoms. The average Bonchev–Trinajstić information content (AvgIpc) is 2.16. The minimum atomic E-state index is 0.772. The van der Waals surface area contributed by atoms with E-state index in [0.717, 1.165) is 23.7 Å². The second-order valence-electron chi connectivity index (χ2n) is 3.44. The van der Waals surface area contributed by atoms with Crippen LogP contribution in [0, 0.1) is 6.92 Å². The topological polar surface area (TPSA) is 12.0 Å². The Hall–Kier alpha value is -0.950. The standard InChI is InChI=1S/C12H16ClN/c1-4-9(2)8-14-12-6-5-10(3)7-11(12)13/h5-7,14H,2,4,8H2,1,3H3. The van der Waals surface area contributed by atoms with E-state index in [0.29, 0.717) is 0 Å². The Kier molecular flexibility index (Phi) is 4.02. The van der Waals surface area contributed by atoms with E-state index in [1.165, 1.54) is 11.1 Å². The Balaban J connectivity index is 2.63. The quantitative estimate of drug-likeness (QED) is 0.739. The van der Waals surface area contributed by atoms with Crippen molar-refractivity contribution in [1.29, 1.82) is 0 Å². The highest BCUT2D eigenvalue weighted by Crippen LogP contribution is 2.22. The minimum Gasteiger partial charge on any atom is -0.380 e. The first kappa shape index (κ1) is 11.1. The Morgan fingerprint density at radius 3 is 2.79 bits per heavy atom. The molecular formula is C12H16ClN. The van der Waals surface area contributed by atoms with Crippen molar-refractivity contribution in [3.05, 3.63) is 40.9 Å². The van der Waals surface area contributed by atoms with E-state index in [4.69, 9.17) is 11.6 Å². The molecule has 0 radical (unpaired) electrons. The summed E-state index contributed by atoms with van der Waals surface area (Å²) in [7, 11) is 0. The first-order valence-corrected chi connectivity index (χ1v) is 5.18. The van der Waals surface area contributed by atoms with Gasteiger partial charge in [-0.3, -0.25) is 0 Å². The molecule has 1 N–H and O–H groups in total. The fourth-order valence-corrected chi connectivity index (χ4v) is 1.41. The molecule has 0 saturated heterocycles. The van der Waals surface area contributed by atoms with E-state index < -0.39 is 0 Å². The lowest BCUT2D eigenvalue weighted by Gasteiger charge is -2.09. The summed E-state index contributed by atoms with van der Waals surface area (Å²) in [6.45, 7) is 8.85. The summed E-state index contributed by atoms with van der Waals surface area (Å²) in [6, 6.07) is 6.00. The molecule has 0 aliphatic carbocycles. The van der Waals surface area contributed by atoms with Crippen LogP contribution in [0.4, 0.5) is 5.69 Å². The number of anilines is 1. The van der Waals surface area contributed by atoms with Crippen LogP contribution in [-0.4, -0.2) is 6.54 Å². The summed E-state index contributed by atoms with van der Waals surface area (Å²) in [5, 5.41) is 4.03. The summed E-state index contributed by atoms with van der Waals surface area (Å²) in [6.07, 6.45) is 0.997. The van der Waals surface area contributed by atoms with Crippen molar-refractivity contribution >= 4 is 17.3 Å². The predicted molar refractivity (Wildman–Crippen MR) is 64.1 cm³/mol. The van der Waals surface area contributed by atoms with Crippen LogP contribution in [0.1, 0.15) is 18.9 Å². The SMILES string of the molecule is C=C(CC)CNc1ccc(C)cc1Cl. The van der Waals surface area contributed by atoms with Gasteiger partial charge in [0.2, 0.25) is 0 Å². The molecule has 0 amide bonds. The Labute approximate surface area is 90.8 Å². The number of nitrogens with one attached hydrogen (secondary N) is 1. The van der Waals surface area contributed by atoms with Gasteiger partial charge in [-0.25, -0.2) is 0 Å². The minimum absolute atomic E-state index is 0.772. The lowest BCUT2D eigenvalue weighted by atomic mass is 10.2. The van der Waals surface area contributed by atoms with Crippen molar-refractivity contribution in [3.63, 3.8) is 0 Å². The van der Waals surface area contributed by atoms with Gasteiger partial charge in [-0.05, 0) is 31.0 Å². The summed E-state index contributed by atoms with van der Waals surface area (Å²) in [5.41, 5.74) is 3.34. The molecule has 0 unspecified atom stereocenters. The van der Waals surface area contributed by atoms with Gasteiger partial charge in [-0.2, -0.15) is 0 Å². The fourth-order valence-electron chi connectivity index (χ4n) is 1.11. The summed E-state index contributed by atoms with van der Waals surface area (Å²) < 4.78 is 0. The molecule has 1 aromatic carbocycles. The van der Waals surface area contributed by atoms with E-state index in [-0.39, 0.29) is 0 Å². The van der Waals surface area contributed by atoms with Gasteiger partial charge in [0.25, 0.3) is 0 Å². The van der Waals surface area contributed by atoms with Gasteiger partial charge >= 0.3 is 0 Å². The highest BCUT2D eigenvalue weighted by atomic mass is 35.5. The van der Waals surface area contributed by atoms with Crippen molar-refractivity contribution in [2.75, 3.05) is 11.9 Å². The smallest absolute Gasteiger partial charge is 0.0640 e. The van der Waals surface area contributed by atoms with Crippen molar-refractivity contribution in [2.24, 2.45) is 0 Å². The maximum atomic E-state index is 6.06. The fraction of sp³-hybridized carbons (Fsp3) is 0.333. The first-order chi connectivity index (χ1) is 6.63. The number of halogens is 1. The van der Waals surface area contributed by atoms with E-state index in [2.05, 4.69) is 18.8 Å². The first-order valence-electron chi connectivity index (χ1n) is 4.80. The van der Waals surface area contributed by atoms with Crippen molar-refractivity contribution < 1.29 is 0 Å². The Morgan fingerprint density at radius 2 is 2.21 bits per heavy atom. The van der Waals surface area contributed by atoms with Crippen molar-refractivity contribution in [2.45, 2.75) is 20.3 Å². The monoisotopic (exact) mass is 209 g/mol. The van der Waals surface area contributed by atoms with Gasteiger partial charge in [-0.1, -0.05) is 36.7 Å². The molecule has 1 nitrogen and oxygen atoms in total. The highest BCUT2D eigenvalue weighted by Gasteiger charge is 1.99. The second-order valence-corrected chi connectivity index (χ2v) is 3.85. The lowest BCUT2D eigenvalue weighted by Crippen LogP contribution is -2.03. The van der Waals surface area contributed by atoms with Crippen LogP contribution in [0.15, 0.2) is 30.4 Å². The van der Waals surface area contributed by atoms with Crippen LogP contribution in [-0.2, 0) is 0 Å². The van der Waals surface area contributed by atoms with Crippen LogP contribution in [0.3, 0.4) is 0 Å². The van der Waals surface area contributed by atoms with Crippen molar-refractivity contribution in [3.8, 4) is 0 Å². The van der Waals surface area contributed by atoms with Gasteiger partial charge < -0.3 is 5.32 Å². The summed E-state index contributed by atoms with van der Waals surface area (Å²) in [4.78, 5) is 0. The van der Waals surface area contributed by atoms with Crippen LogP contribution >= 0.6 is 11.6 Å². The molecule has 0 fully saturated rings. The number of hydrogen-bond donors (Lipinski definition) is 1. The lowest BCUT2D eigenvalue weighted by molar-refractivity contribution is 1.05. The molecule has 76 valence electrons. The molecule has 1 rings (SSSR count). The molecule has 14 heavy (non-hydrogen) atoms. The van der Waals surface area contributed by atoms with Gasteiger partial charge in [0.05, 0.1) is 10.7 Å². The van der Waals surface area contributed by atoms with E-state index in [1.54, 1.807) is 0 Å². The molecule has 0 aliphatic heterocycles. The molecule has 1 aromatic rings. The molecule has 0 aromatic heterocycles. The summed E-state index contributed by atoms with van der Waals surface area (Å²) in [5.74, 6) is 0. The molecule has 0 atom stereocenters. The second kappa shape index (κ2) is 5.06. The number of benzene rings is 1. The van der Waals surface area contributed by atoms with Gasteiger partial charge in [0.15, 0.2) is 0 Å². The maximum Gasteiger partial charge on any atom is 0.0640 e. The zero-order valence-electron chi connectivity index (χ0n) is 8.73. The normalized spacial score (nSPS) is 9.93. The zero-order valence-corrected chi connectivity index (χ0v) is 9.49. The third-order valence-electron chi connectivity index (χ3n) is 2.15. The predicted octanol–water partition coefficient (Wildman–Crippen LogP) is 4.03. The van der Waals surface area contributed by atoms with Gasteiger partial charge in [0, 0.05) is 6.54 Å². The third kappa shape index (κ3) is 3.08. The van der Waals surface area contributed by atoms with Gasteiger partial charge in [0.1, 0.15) is 0 Å². The molecule has 0 saturated carbocycles. The number of rotatable bonds is 4. The zero-order chi connectivity index (χ0) is 10.6. The van der Waals surface area contributed by atoms with Crippen LogP contribution in [0.2, 0.25) is 5.02 Å². The highest BCUT2D eigenvalue weighted by molar-refractivity contribution is 6.33. The van der Waals surface area contributed by atoms with Crippen molar-refractivity contribution in [1.82, 2.24) is 0 Å². The summed E-state index contributed by atoms with van der Waals surface area (Å²) >= 11 is 6.06. The molecule has 0 aliphatic rings. The average molecular weight is 210 g/mol. The molecule has 0 bridgehead atoms. The number of hydrogen-bond acceptors (Lipinski definition) is 1. The molecule has 0 spiro atoms. The van der Waals surface area contributed by atoms with Crippen LogP contribution in [0.5, 0.6) is 0 Å². The maximum absolute atomic E-state index is 6.06. The van der Waals surface area contributed by atoms with E-state index >= 15 is 0 Å². The van der Waals surface area contributed by atoms with Crippen LogP contribution < -0.4 is 5.32 Å². The Bertz CT molecular complexity index is 331. The van der Waals surface area contributed by atoms with Crippen LogP contribution in [0.25, 0.3) is 0 Å². The van der Waals surface area contributed by atoms with E-state index in [1.807, 2.05) is 25.1 Å². The van der Waals surface area contributed by atoms with E-state index in [9.17, 15) is 0 Å². The molecular weight excluding hydrogens is 194 g/mol. The van der Waals surface area contributed by atoms with Gasteiger partial charge in [-0.15, -0.1) is 0 Å². The molecule has 0 heterocycles. The Morgan fingerprint density at radius 1 is 1.50 bits per heavy atom.